The lowest BCUT2D eigenvalue weighted by Gasteiger charge is -1.57. The number of rotatable bonds is 0. The second kappa shape index (κ2) is 1.25. The van der Waals surface area contributed by atoms with Gasteiger partial charge in [-0.25, -0.2) is 0 Å². The smallest absolute Gasteiger partial charge is 0.300 e. The summed E-state index contributed by atoms with van der Waals surface area (Å²) < 4.78 is 26.3. The van der Waals surface area contributed by atoms with E-state index in [0.29, 0.717) is 0 Å². The minimum atomic E-state index is -1.25. The Labute approximate surface area is 36.9 Å². The molecular formula is C2F2N2O. The summed E-state index contributed by atoms with van der Waals surface area (Å²) in [7, 11) is 0. The molecule has 0 aromatic carbocycles. The standard InChI is InChI=1S/C2F2N2O/c3-1-5-2(4)7-6-1. The molecule has 0 atom stereocenters. The average molecular weight is 106 g/mol. The molecule has 0 unspecified atom stereocenters. The lowest BCUT2D eigenvalue weighted by molar-refractivity contribution is 0.262. The molecule has 0 aliphatic rings. The van der Waals surface area contributed by atoms with E-state index in [9.17, 15) is 8.78 Å². The van der Waals surface area contributed by atoms with Crippen molar-refractivity contribution in [3.63, 3.8) is 0 Å². The van der Waals surface area contributed by atoms with Gasteiger partial charge < -0.3 is 4.52 Å². The predicted octanol–water partition coefficient (Wildman–Crippen LogP) is 0.348. The van der Waals surface area contributed by atoms with E-state index in [4.69, 9.17) is 0 Å². The fraction of sp³-hybridized carbons (Fsp3) is 0. The molecule has 0 saturated heterocycles. The molecule has 1 aromatic heterocycles. The van der Waals surface area contributed by atoms with Gasteiger partial charge >= 0.3 is 12.2 Å². The molecule has 0 amide bonds. The highest BCUT2D eigenvalue weighted by Gasteiger charge is 1.99. The van der Waals surface area contributed by atoms with Gasteiger partial charge in [-0.2, -0.15) is 4.39 Å². The zero-order valence-corrected chi connectivity index (χ0v) is 3.06. The normalized spacial score (nSPS) is 9.43. The molecule has 0 saturated carbocycles. The Morgan fingerprint density at radius 1 is 1.43 bits per heavy atom. The molecule has 5 heteroatoms. The Morgan fingerprint density at radius 2 is 2.14 bits per heavy atom. The zero-order chi connectivity index (χ0) is 5.28. The summed E-state index contributed by atoms with van der Waals surface area (Å²) in [6.07, 6.45) is -2.44. The largest absolute Gasteiger partial charge is 0.407 e. The first kappa shape index (κ1) is 4.17. The first-order chi connectivity index (χ1) is 3.29. The van der Waals surface area contributed by atoms with E-state index in [2.05, 4.69) is 14.7 Å². The molecular weight excluding hydrogens is 106 g/mol. The summed E-state index contributed by atoms with van der Waals surface area (Å²) in [5.74, 6) is 0. The Balaban J connectivity index is 3.04. The molecule has 0 radical (unpaired) electrons. The average Bonchev–Trinajstić information content (AvgIpc) is 1.87. The van der Waals surface area contributed by atoms with Gasteiger partial charge in [0.2, 0.25) is 0 Å². The summed E-state index contributed by atoms with van der Waals surface area (Å²) in [6.45, 7) is 0. The maximum Gasteiger partial charge on any atom is 0.407 e. The monoisotopic (exact) mass is 106 g/mol. The van der Waals surface area contributed by atoms with Crippen LogP contribution in [0, 0.1) is 12.2 Å². The molecule has 7 heavy (non-hydrogen) atoms. The van der Waals surface area contributed by atoms with Gasteiger partial charge in [0, 0.05) is 0 Å². The van der Waals surface area contributed by atoms with E-state index in [0.717, 1.165) is 0 Å². The van der Waals surface area contributed by atoms with Gasteiger partial charge in [-0.15, -0.1) is 9.37 Å². The minimum Gasteiger partial charge on any atom is -0.300 e. The lowest BCUT2D eigenvalue weighted by Crippen LogP contribution is -1.72. The minimum absolute atomic E-state index is 1.18. The summed E-state index contributed by atoms with van der Waals surface area (Å²) in [5.41, 5.74) is 0. The molecule has 1 aromatic rings. The Bertz CT molecular complexity index is 146. The van der Waals surface area contributed by atoms with E-state index in [1.807, 2.05) is 0 Å². The van der Waals surface area contributed by atoms with Gasteiger partial charge in [0.15, 0.2) is 0 Å². The van der Waals surface area contributed by atoms with Crippen LogP contribution >= 0.6 is 0 Å². The molecule has 0 bridgehead atoms. The third kappa shape index (κ3) is 0.703. The lowest BCUT2D eigenvalue weighted by atomic mass is 11.2. The van der Waals surface area contributed by atoms with E-state index >= 15 is 0 Å². The van der Waals surface area contributed by atoms with Crippen molar-refractivity contribution >= 4 is 0 Å². The molecule has 0 N–H and O–H groups in total. The van der Waals surface area contributed by atoms with Crippen LogP contribution in [0.2, 0.25) is 0 Å². The maximum atomic E-state index is 11.4. The van der Waals surface area contributed by atoms with Crippen molar-refractivity contribution in [2.75, 3.05) is 0 Å². The maximum absolute atomic E-state index is 11.4. The SMILES string of the molecule is Fc1noc(F)n1. The number of nitrogens with zero attached hydrogens (tertiary/aromatic N) is 2. The molecule has 0 fully saturated rings. The van der Waals surface area contributed by atoms with Gasteiger partial charge in [0.05, 0.1) is 0 Å². The first-order valence-electron chi connectivity index (χ1n) is 1.44. The van der Waals surface area contributed by atoms with Crippen LogP contribution in [0.4, 0.5) is 8.78 Å². The van der Waals surface area contributed by atoms with E-state index < -0.39 is 12.2 Å². The quantitative estimate of drug-likeness (QED) is 0.479. The fourth-order valence-corrected chi connectivity index (χ4v) is 0.189. The molecule has 1 rings (SSSR count). The highest BCUT2D eigenvalue weighted by Crippen LogP contribution is 1.89. The molecule has 1 heterocycles. The first-order valence-corrected chi connectivity index (χ1v) is 1.44. The van der Waals surface area contributed by atoms with Gasteiger partial charge in [-0.1, -0.05) is 0 Å². The molecule has 38 valence electrons. The summed E-state index contributed by atoms with van der Waals surface area (Å²) in [5, 5.41) is 2.49. The highest BCUT2D eigenvalue weighted by molar-refractivity contribution is 4.49. The van der Waals surface area contributed by atoms with Crippen molar-refractivity contribution in [1.82, 2.24) is 10.1 Å². The second-order valence-electron chi connectivity index (χ2n) is 0.816. The summed E-state index contributed by atoms with van der Waals surface area (Å²) >= 11 is 0. The van der Waals surface area contributed by atoms with Crippen molar-refractivity contribution in [2.24, 2.45) is 0 Å². The van der Waals surface area contributed by atoms with Crippen molar-refractivity contribution < 1.29 is 13.3 Å². The molecule has 0 spiro atoms. The van der Waals surface area contributed by atoms with Crippen LogP contribution in [0.15, 0.2) is 4.52 Å². The second-order valence-corrected chi connectivity index (χ2v) is 0.816. The van der Waals surface area contributed by atoms with Gasteiger partial charge in [0.1, 0.15) is 0 Å². The van der Waals surface area contributed by atoms with Crippen LogP contribution in [-0.4, -0.2) is 10.1 Å². The zero-order valence-electron chi connectivity index (χ0n) is 3.06. The third-order valence-corrected chi connectivity index (χ3v) is 0.376. The van der Waals surface area contributed by atoms with E-state index in [1.54, 1.807) is 0 Å². The van der Waals surface area contributed by atoms with Crippen LogP contribution in [0.25, 0.3) is 0 Å². The third-order valence-electron chi connectivity index (χ3n) is 0.376. The summed E-state index contributed by atoms with van der Waals surface area (Å²) in [6, 6.07) is 0. The highest BCUT2D eigenvalue weighted by atomic mass is 19.1. The number of aromatic nitrogens is 2. The van der Waals surface area contributed by atoms with Gasteiger partial charge in [0.25, 0.3) is 0 Å². The van der Waals surface area contributed by atoms with E-state index in [1.165, 1.54) is 0 Å². The van der Waals surface area contributed by atoms with Crippen LogP contribution in [0.1, 0.15) is 0 Å². The number of hydrogen-bond acceptors (Lipinski definition) is 3. The fourth-order valence-electron chi connectivity index (χ4n) is 0.189. The number of hydrogen-bond donors (Lipinski definition) is 0. The van der Waals surface area contributed by atoms with Crippen molar-refractivity contribution in [1.29, 1.82) is 0 Å². The van der Waals surface area contributed by atoms with Crippen molar-refractivity contribution in [2.45, 2.75) is 0 Å². The number of halogens is 2. The van der Waals surface area contributed by atoms with Gasteiger partial charge in [-0.05, 0) is 5.16 Å². The van der Waals surface area contributed by atoms with Crippen LogP contribution in [0.5, 0.6) is 0 Å². The van der Waals surface area contributed by atoms with Crippen LogP contribution in [-0.2, 0) is 0 Å². The molecule has 0 aliphatic carbocycles. The Hall–Kier alpha value is -1.00. The predicted molar refractivity (Wildman–Crippen MR) is 14.2 cm³/mol. The van der Waals surface area contributed by atoms with Gasteiger partial charge in [-0.3, -0.25) is 0 Å². The Kier molecular flexibility index (Phi) is 0.744. The van der Waals surface area contributed by atoms with Crippen molar-refractivity contribution in [3.05, 3.63) is 12.2 Å². The molecule has 0 aliphatic heterocycles. The molecule has 3 nitrogen and oxygen atoms in total. The summed E-state index contributed by atoms with van der Waals surface area (Å²) in [4.78, 5) is 2.50. The van der Waals surface area contributed by atoms with Crippen molar-refractivity contribution in [3.8, 4) is 0 Å². The van der Waals surface area contributed by atoms with Crippen LogP contribution < -0.4 is 0 Å². The van der Waals surface area contributed by atoms with Crippen LogP contribution in [0.3, 0.4) is 0 Å². The topological polar surface area (TPSA) is 38.9 Å². The van der Waals surface area contributed by atoms with E-state index in [-0.39, 0.29) is 0 Å². The Morgan fingerprint density at radius 3 is 2.29 bits per heavy atom.